The first kappa shape index (κ1) is 12.6. The molecule has 0 radical (unpaired) electrons. The molecule has 1 saturated carbocycles. The molecule has 1 aliphatic heterocycles. The predicted molar refractivity (Wildman–Crippen MR) is 67.5 cm³/mol. The average molecular weight is 265 g/mol. The Morgan fingerprint density at radius 3 is 3.16 bits per heavy atom. The Bertz CT molecular complexity index is 456. The van der Waals surface area contributed by atoms with E-state index in [1.54, 1.807) is 0 Å². The Labute approximate surface area is 112 Å². The molecule has 2 heterocycles. The summed E-state index contributed by atoms with van der Waals surface area (Å²) in [5, 5.41) is 0. The molecule has 1 aromatic rings. The van der Waals surface area contributed by atoms with Crippen LogP contribution in [0.15, 0.2) is 12.5 Å². The molecule has 2 aliphatic rings. The number of nitrogens with zero attached hydrogens (tertiary/aromatic N) is 3. The second-order valence-corrected chi connectivity index (χ2v) is 5.14. The highest BCUT2D eigenvalue weighted by Crippen LogP contribution is 2.35. The summed E-state index contributed by atoms with van der Waals surface area (Å²) >= 11 is 0. The smallest absolute Gasteiger partial charge is 0.336 e. The number of ether oxygens (including phenoxy) is 2. The maximum absolute atomic E-state index is 11.5. The van der Waals surface area contributed by atoms with Gasteiger partial charge in [-0.2, -0.15) is 0 Å². The molecule has 104 valence electrons. The second kappa shape index (κ2) is 5.30. The van der Waals surface area contributed by atoms with Gasteiger partial charge in [0.1, 0.15) is 0 Å². The standard InChI is InChI=1S/C13H19N3O3/c1-18-13(17)12-8-15(4-5-19-12)7-11-6-14-9-16(11)10-2-3-10/h6,9-10,12H,2-5,7-8H2,1H3. The van der Waals surface area contributed by atoms with E-state index in [-0.39, 0.29) is 5.97 Å². The summed E-state index contributed by atoms with van der Waals surface area (Å²) in [6, 6.07) is 0.634. The largest absolute Gasteiger partial charge is 0.467 e. The molecule has 19 heavy (non-hydrogen) atoms. The third-order valence-electron chi connectivity index (χ3n) is 3.69. The minimum Gasteiger partial charge on any atom is -0.467 e. The van der Waals surface area contributed by atoms with Crippen molar-refractivity contribution in [3.63, 3.8) is 0 Å². The lowest BCUT2D eigenvalue weighted by Gasteiger charge is -2.31. The molecule has 1 aliphatic carbocycles. The average Bonchev–Trinajstić information content (AvgIpc) is 3.19. The van der Waals surface area contributed by atoms with E-state index in [1.807, 2.05) is 12.5 Å². The third-order valence-corrected chi connectivity index (χ3v) is 3.69. The SMILES string of the molecule is COC(=O)C1CN(Cc2cncn2C2CC2)CCO1. The summed E-state index contributed by atoms with van der Waals surface area (Å²) in [6.07, 6.45) is 5.86. The van der Waals surface area contributed by atoms with Gasteiger partial charge in [0.05, 0.1) is 25.7 Å². The van der Waals surface area contributed by atoms with Gasteiger partial charge in [-0.05, 0) is 12.8 Å². The summed E-state index contributed by atoms with van der Waals surface area (Å²) in [4.78, 5) is 18.0. The molecule has 3 rings (SSSR count). The van der Waals surface area contributed by atoms with Crippen molar-refractivity contribution in [2.75, 3.05) is 26.8 Å². The van der Waals surface area contributed by atoms with Crippen molar-refractivity contribution in [2.45, 2.75) is 31.5 Å². The van der Waals surface area contributed by atoms with Crippen molar-refractivity contribution < 1.29 is 14.3 Å². The van der Waals surface area contributed by atoms with E-state index < -0.39 is 6.10 Å². The molecule has 0 N–H and O–H groups in total. The summed E-state index contributed by atoms with van der Waals surface area (Å²) in [5.74, 6) is -0.291. The molecule has 0 bridgehead atoms. The zero-order chi connectivity index (χ0) is 13.2. The van der Waals surface area contributed by atoms with E-state index >= 15 is 0 Å². The molecular weight excluding hydrogens is 246 g/mol. The van der Waals surface area contributed by atoms with Crippen LogP contribution in [0.25, 0.3) is 0 Å². The summed E-state index contributed by atoms with van der Waals surface area (Å²) < 4.78 is 12.4. The van der Waals surface area contributed by atoms with Crippen molar-refractivity contribution in [3.8, 4) is 0 Å². The fourth-order valence-electron chi connectivity index (χ4n) is 2.49. The van der Waals surface area contributed by atoms with Crippen molar-refractivity contribution in [1.29, 1.82) is 0 Å². The lowest BCUT2D eigenvalue weighted by Crippen LogP contribution is -2.46. The van der Waals surface area contributed by atoms with E-state index in [1.165, 1.54) is 25.6 Å². The minimum atomic E-state index is -0.462. The van der Waals surface area contributed by atoms with Crippen LogP contribution in [-0.4, -0.2) is 53.3 Å². The Kier molecular flexibility index (Phi) is 3.52. The van der Waals surface area contributed by atoms with E-state index in [9.17, 15) is 4.79 Å². The quantitative estimate of drug-likeness (QED) is 0.746. The number of morpholine rings is 1. The van der Waals surface area contributed by atoms with Gasteiger partial charge in [-0.3, -0.25) is 4.90 Å². The Balaban J connectivity index is 1.62. The molecule has 0 aromatic carbocycles. The Hall–Kier alpha value is -1.40. The number of carbonyl (C=O) groups excluding carboxylic acids is 1. The van der Waals surface area contributed by atoms with Crippen molar-refractivity contribution >= 4 is 5.97 Å². The highest BCUT2D eigenvalue weighted by molar-refractivity contribution is 5.74. The molecule has 1 aromatic heterocycles. The molecule has 6 heteroatoms. The zero-order valence-electron chi connectivity index (χ0n) is 11.1. The highest BCUT2D eigenvalue weighted by Gasteiger charge is 2.29. The maximum atomic E-state index is 11.5. The lowest BCUT2D eigenvalue weighted by atomic mass is 10.2. The molecule has 0 amide bonds. The molecule has 0 spiro atoms. The van der Waals surface area contributed by atoms with Gasteiger partial charge in [-0.1, -0.05) is 0 Å². The van der Waals surface area contributed by atoms with Gasteiger partial charge in [0.25, 0.3) is 0 Å². The summed E-state index contributed by atoms with van der Waals surface area (Å²) in [6.45, 7) is 2.80. The van der Waals surface area contributed by atoms with Crippen molar-refractivity contribution in [2.24, 2.45) is 0 Å². The van der Waals surface area contributed by atoms with E-state index in [4.69, 9.17) is 9.47 Å². The van der Waals surface area contributed by atoms with Crippen LogP contribution in [0.2, 0.25) is 0 Å². The molecule has 1 unspecified atom stereocenters. The van der Waals surface area contributed by atoms with Crippen LogP contribution in [0.1, 0.15) is 24.6 Å². The van der Waals surface area contributed by atoms with Gasteiger partial charge < -0.3 is 14.0 Å². The molecule has 1 atom stereocenters. The van der Waals surface area contributed by atoms with Crippen molar-refractivity contribution in [3.05, 3.63) is 18.2 Å². The van der Waals surface area contributed by atoms with Crippen LogP contribution in [0.4, 0.5) is 0 Å². The molecule has 1 saturated heterocycles. The fourth-order valence-corrected chi connectivity index (χ4v) is 2.49. The van der Waals surface area contributed by atoms with Gasteiger partial charge >= 0.3 is 5.97 Å². The minimum absolute atomic E-state index is 0.291. The van der Waals surface area contributed by atoms with E-state index in [0.29, 0.717) is 19.2 Å². The number of aromatic nitrogens is 2. The van der Waals surface area contributed by atoms with Gasteiger partial charge in [-0.15, -0.1) is 0 Å². The third kappa shape index (κ3) is 2.79. The summed E-state index contributed by atoms with van der Waals surface area (Å²) in [7, 11) is 1.40. The number of methoxy groups -OCH3 is 1. The van der Waals surface area contributed by atoms with Crippen molar-refractivity contribution in [1.82, 2.24) is 14.5 Å². The second-order valence-electron chi connectivity index (χ2n) is 5.14. The number of hydrogen-bond acceptors (Lipinski definition) is 5. The zero-order valence-corrected chi connectivity index (χ0v) is 11.1. The predicted octanol–water partition coefficient (Wildman–Crippen LogP) is 0.592. The van der Waals surface area contributed by atoms with Crippen LogP contribution < -0.4 is 0 Å². The first-order valence-electron chi connectivity index (χ1n) is 6.70. The first-order valence-corrected chi connectivity index (χ1v) is 6.70. The number of rotatable bonds is 4. The highest BCUT2D eigenvalue weighted by atomic mass is 16.6. The van der Waals surface area contributed by atoms with Gasteiger partial charge in [0, 0.05) is 31.9 Å². The number of carbonyl (C=O) groups is 1. The summed E-state index contributed by atoms with van der Waals surface area (Å²) in [5.41, 5.74) is 1.22. The van der Waals surface area contributed by atoms with E-state index in [2.05, 4.69) is 14.5 Å². The van der Waals surface area contributed by atoms with Gasteiger partial charge in [0.2, 0.25) is 0 Å². The molecule has 2 fully saturated rings. The van der Waals surface area contributed by atoms with Crippen LogP contribution in [-0.2, 0) is 20.8 Å². The molecule has 6 nitrogen and oxygen atoms in total. The fraction of sp³-hybridized carbons (Fsp3) is 0.692. The van der Waals surface area contributed by atoms with Gasteiger partial charge in [0.15, 0.2) is 6.10 Å². The number of hydrogen-bond donors (Lipinski definition) is 0. The monoisotopic (exact) mass is 265 g/mol. The van der Waals surface area contributed by atoms with E-state index in [0.717, 1.165) is 13.1 Å². The van der Waals surface area contributed by atoms with Crippen LogP contribution in [0, 0.1) is 0 Å². The lowest BCUT2D eigenvalue weighted by molar-refractivity contribution is -0.160. The van der Waals surface area contributed by atoms with Crippen LogP contribution >= 0.6 is 0 Å². The normalized spacial score (nSPS) is 24.4. The number of imidazole rings is 1. The molecular formula is C13H19N3O3. The van der Waals surface area contributed by atoms with Crippen LogP contribution in [0.5, 0.6) is 0 Å². The van der Waals surface area contributed by atoms with Crippen LogP contribution in [0.3, 0.4) is 0 Å². The Morgan fingerprint density at radius 1 is 1.58 bits per heavy atom. The first-order chi connectivity index (χ1) is 9.28. The Morgan fingerprint density at radius 2 is 2.42 bits per heavy atom. The number of esters is 1. The maximum Gasteiger partial charge on any atom is 0.336 e. The van der Waals surface area contributed by atoms with Gasteiger partial charge in [-0.25, -0.2) is 9.78 Å². The topological polar surface area (TPSA) is 56.6 Å².